The molecule has 0 unspecified atom stereocenters. The maximum atomic E-state index is 10.4. The maximum Gasteiger partial charge on any atom is 0.120 e. The van der Waals surface area contributed by atoms with Crippen LogP contribution in [0, 0.1) is 6.92 Å². The quantitative estimate of drug-likeness (QED) is 0.272. The van der Waals surface area contributed by atoms with Gasteiger partial charge in [0, 0.05) is 35.1 Å². The summed E-state index contributed by atoms with van der Waals surface area (Å²) in [5, 5.41) is 15.0. The van der Waals surface area contributed by atoms with E-state index in [0.29, 0.717) is 5.75 Å². The summed E-state index contributed by atoms with van der Waals surface area (Å²) in [5.41, 5.74) is 5.13. The molecule has 1 aromatic heterocycles. The number of phenols is 1. The van der Waals surface area contributed by atoms with Crippen LogP contribution in [-0.4, -0.2) is 28.6 Å². The smallest absolute Gasteiger partial charge is 0.120 e. The Bertz CT molecular complexity index is 954. The van der Waals surface area contributed by atoms with Crippen LogP contribution < -0.4 is 5.32 Å². The van der Waals surface area contributed by atoms with E-state index in [4.69, 9.17) is 0 Å². The minimum atomic E-state index is 0.352. The lowest BCUT2D eigenvalue weighted by atomic mass is 10.1. The zero-order chi connectivity index (χ0) is 21.3. The molecule has 0 saturated heterocycles. The van der Waals surface area contributed by atoms with Crippen LogP contribution in [0.4, 0.5) is 11.4 Å². The molecule has 1 heterocycles. The Kier molecular flexibility index (Phi) is 8.09. The number of phenolic OH excluding ortho intramolecular Hbond substituents is 1. The summed E-state index contributed by atoms with van der Waals surface area (Å²) in [6.07, 6.45) is 9.63. The summed E-state index contributed by atoms with van der Waals surface area (Å²) in [5.74, 6) is 0.352. The first-order valence-corrected chi connectivity index (χ1v) is 11.2. The first-order valence-electron chi connectivity index (χ1n) is 11.2. The topological polar surface area (TPSA) is 48.4 Å². The number of rotatable bonds is 11. The first kappa shape index (κ1) is 22.1. The molecule has 0 amide bonds. The van der Waals surface area contributed by atoms with E-state index in [1.807, 2.05) is 24.4 Å². The van der Waals surface area contributed by atoms with E-state index in [2.05, 4.69) is 54.3 Å². The maximum absolute atomic E-state index is 10.4. The number of aromatic hydroxyl groups is 1. The van der Waals surface area contributed by atoms with Gasteiger partial charge in [0.1, 0.15) is 5.75 Å². The van der Waals surface area contributed by atoms with Crippen LogP contribution >= 0.6 is 0 Å². The van der Waals surface area contributed by atoms with Crippen LogP contribution in [0.3, 0.4) is 0 Å². The molecule has 2 aromatic carbocycles. The van der Waals surface area contributed by atoms with Crippen LogP contribution in [0.15, 0.2) is 48.7 Å². The van der Waals surface area contributed by atoms with Gasteiger partial charge in [0.05, 0.1) is 5.52 Å². The van der Waals surface area contributed by atoms with E-state index in [1.165, 1.54) is 44.1 Å². The first-order chi connectivity index (χ1) is 14.6. The van der Waals surface area contributed by atoms with E-state index < -0.39 is 0 Å². The Morgan fingerprint density at radius 1 is 0.967 bits per heavy atom. The Hall–Kier alpha value is -2.59. The molecule has 0 aliphatic carbocycles. The normalized spacial score (nSPS) is 11.3. The molecule has 4 heteroatoms. The molecule has 30 heavy (non-hydrogen) atoms. The molecule has 0 spiro atoms. The number of fused-ring (bicyclic) bond motifs is 1. The lowest BCUT2D eigenvalue weighted by Crippen LogP contribution is -2.19. The minimum absolute atomic E-state index is 0.352. The largest absolute Gasteiger partial charge is 0.508 e. The zero-order valence-corrected chi connectivity index (χ0v) is 18.6. The third kappa shape index (κ3) is 6.20. The van der Waals surface area contributed by atoms with Crippen molar-refractivity contribution in [3.63, 3.8) is 0 Å². The monoisotopic (exact) mass is 405 g/mol. The third-order valence-electron chi connectivity index (χ3n) is 5.59. The van der Waals surface area contributed by atoms with Crippen LogP contribution in [0.2, 0.25) is 0 Å². The highest BCUT2D eigenvalue weighted by Gasteiger charge is 2.08. The van der Waals surface area contributed by atoms with Crippen LogP contribution in [0.5, 0.6) is 5.75 Å². The van der Waals surface area contributed by atoms with Crippen molar-refractivity contribution in [2.24, 2.45) is 0 Å². The van der Waals surface area contributed by atoms with Gasteiger partial charge in [0.15, 0.2) is 0 Å². The lowest BCUT2D eigenvalue weighted by molar-refractivity contribution is 0.311. The SMILES string of the molecule is CCCCCCCCN(C)Cc1cc(Nc2ccnc3cc(C)ccc23)ccc1O. The molecule has 2 N–H and O–H groups in total. The van der Waals surface area contributed by atoms with Gasteiger partial charge in [-0.15, -0.1) is 0 Å². The number of hydrogen-bond donors (Lipinski definition) is 2. The standard InChI is InChI=1S/C26H35N3O/c1-4-5-6-7-8-9-16-29(3)19-21-18-22(11-13-26(21)30)28-24-14-15-27-25-17-20(2)10-12-23(24)25/h10-15,17-18,30H,4-9,16,19H2,1-3H3,(H,27,28). The highest BCUT2D eigenvalue weighted by Crippen LogP contribution is 2.29. The molecule has 0 saturated carbocycles. The molecular weight excluding hydrogens is 370 g/mol. The number of aromatic nitrogens is 1. The molecule has 0 aliphatic rings. The van der Waals surface area contributed by atoms with E-state index >= 15 is 0 Å². The molecule has 0 aliphatic heterocycles. The Labute approximate surface area is 181 Å². The van der Waals surface area contributed by atoms with Gasteiger partial charge in [0.2, 0.25) is 0 Å². The molecule has 0 fully saturated rings. The van der Waals surface area contributed by atoms with Gasteiger partial charge < -0.3 is 15.3 Å². The average Bonchev–Trinajstić information content (AvgIpc) is 2.73. The van der Waals surface area contributed by atoms with Gasteiger partial charge in [-0.05, 0) is 62.8 Å². The van der Waals surface area contributed by atoms with Crippen molar-refractivity contribution >= 4 is 22.3 Å². The van der Waals surface area contributed by atoms with Crippen molar-refractivity contribution in [3.8, 4) is 5.75 Å². The molecule has 4 nitrogen and oxygen atoms in total. The number of unbranched alkanes of at least 4 members (excludes halogenated alkanes) is 5. The fraction of sp³-hybridized carbons (Fsp3) is 0.423. The molecule has 160 valence electrons. The predicted molar refractivity (Wildman–Crippen MR) is 128 cm³/mol. The van der Waals surface area contributed by atoms with Gasteiger partial charge in [-0.1, -0.05) is 51.2 Å². The van der Waals surface area contributed by atoms with Crippen LogP contribution in [0.25, 0.3) is 10.9 Å². The Balaban J connectivity index is 1.63. The third-order valence-corrected chi connectivity index (χ3v) is 5.59. The Morgan fingerprint density at radius 2 is 1.77 bits per heavy atom. The van der Waals surface area contributed by atoms with Crippen molar-refractivity contribution in [2.75, 3.05) is 18.9 Å². The number of aryl methyl sites for hydroxylation is 1. The fourth-order valence-electron chi connectivity index (χ4n) is 3.84. The molecule has 3 aromatic rings. The fourth-order valence-corrected chi connectivity index (χ4v) is 3.84. The van der Waals surface area contributed by atoms with E-state index in [9.17, 15) is 5.11 Å². The highest BCUT2D eigenvalue weighted by molar-refractivity contribution is 5.93. The Morgan fingerprint density at radius 3 is 2.60 bits per heavy atom. The summed E-state index contributed by atoms with van der Waals surface area (Å²) in [7, 11) is 2.13. The summed E-state index contributed by atoms with van der Waals surface area (Å²) in [4.78, 5) is 6.78. The zero-order valence-electron chi connectivity index (χ0n) is 18.6. The summed E-state index contributed by atoms with van der Waals surface area (Å²) in [6, 6.07) is 14.1. The lowest BCUT2D eigenvalue weighted by Gasteiger charge is -2.18. The van der Waals surface area contributed by atoms with Gasteiger partial charge >= 0.3 is 0 Å². The molecule has 0 bridgehead atoms. The van der Waals surface area contributed by atoms with Gasteiger partial charge in [-0.25, -0.2) is 0 Å². The van der Waals surface area contributed by atoms with Crippen molar-refractivity contribution in [1.82, 2.24) is 9.88 Å². The van der Waals surface area contributed by atoms with E-state index in [0.717, 1.165) is 40.9 Å². The summed E-state index contributed by atoms with van der Waals surface area (Å²) < 4.78 is 0. The number of anilines is 2. The van der Waals surface area contributed by atoms with Crippen molar-refractivity contribution in [2.45, 2.75) is 58.9 Å². The predicted octanol–water partition coefficient (Wildman–Crippen LogP) is 6.78. The molecule has 0 radical (unpaired) electrons. The van der Waals surface area contributed by atoms with Crippen molar-refractivity contribution in [1.29, 1.82) is 0 Å². The minimum Gasteiger partial charge on any atom is -0.508 e. The molecular formula is C26H35N3O. The van der Waals surface area contributed by atoms with Crippen LogP contribution in [-0.2, 0) is 6.54 Å². The summed E-state index contributed by atoms with van der Waals surface area (Å²) >= 11 is 0. The summed E-state index contributed by atoms with van der Waals surface area (Å²) in [6.45, 7) is 6.13. The number of hydrogen-bond acceptors (Lipinski definition) is 4. The van der Waals surface area contributed by atoms with E-state index in [1.54, 1.807) is 6.07 Å². The second kappa shape index (κ2) is 11.0. The number of benzene rings is 2. The number of pyridine rings is 1. The van der Waals surface area contributed by atoms with Gasteiger partial charge in [-0.2, -0.15) is 0 Å². The number of nitrogens with zero attached hydrogens (tertiary/aromatic N) is 2. The second-order valence-corrected chi connectivity index (χ2v) is 8.35. The van der Waals surface area contributed by atoms with Gasteiger partial charge in [-0.3, -0.25) is 4.98 Å². The average molecular weight is 406 g/mol. The van der Waals surface area contributed by atoms with Crippen molar-refractivity contribution < 1.29 is 5.11 Å². The van der Waals surface area contributed by atoms with Gasteiger partial charge in [0.25, 0.3) is 0 Å². The second-order valence-electron chi connectivity index (χ2n) is 8.35. The van der Waals surface area contributed by atoms with Crippen LogP contribution in [0.1, 0.15) is 56.6 Å². The molecule has 3 rings (SSSR count). The van der Waals surface area contributed by atoms with Crippen molar-refractivity contribution in [3.05, 3.63) is 59.8 Å². The number of nitrogens with one attached hydrogen (secondary N) is 1. The molecule has 0 atom stereocenters. The highest BCUT2D eigenvalue weighted by atomic mass is 16.3. The van der Waals surface area contributed by atoms with E-state index in [-0.39, 0.29) is 0 Å².